The Morgan fingerprint density at radius 1 is 1.05 bits per heavy atom. The van der Waals surface area contributed by atoms with Crippen LogP contribution in [0.3, 0.4) is 0 Å². The summed E-state index contributed by atoms with van der Waals surface area (Å²) in [6.07, 6.45) is 20.0. The minimum Gasteiger partial charge on any atom is -0.316 e. The van der Waals surface area contributed by atoms with Crippen molar-refractivity contribution in [2.45, 2.75) is 84.0 Å². The number of hydrogen-bond donors (Lipinski definition) is 1. The van der Waals surface area contributed by atoms with Gasteiger partial charge < -0.3 is 5.32 Å². The van der Waals surface area contributed by atoms with Crippen LogP contribution in [-0.4, -0.2) is 13.1 Å². The maximum atomic E-state index is 3.76. The van der Waals surface area contributed by atoms with E-state index in [4.69, 9.17) is 0 Å². The van der Waals surface area contributed by atoms with Gasteiger partial charge in [-0.3, -0.25) is 0 Å². The van der Waals surface area contributed by atoms with E-state index in [1.54, 1.807) is 0 Å². The Morgan fingerprint density at radius 3 is 2.50 bits per heavy atom. The first-order valence-corrected chi connectivity index (χ1v) is 9.19. The van der Waals surface area contributed by atoms with Gasteiger partial charge in [0.05, 0.1) is 0 Å². The molecular formula is C19H33N. The van der Waals surface area contributed by atoms with Crippen molar-refractivity contribution in [2.75, 3.05) is 13.1 Å². The molecule has 0 aromatic carbocycles. The third kappa shape index (κ3) is 2.84. The summed E-state index contributed by atoms with van der Waals surface area (Å²) in [4.78, 5) is 0. The number of hydrogen-bond acceptors (Lipinski definition) is 1. The van der Waals surface area contributed by atoms with Crippen LogP contribution in [0.25, 0.3) is 0 Å². The molecule has 0 aromatic rings. The summed E-state index contributed by atoms with van der Waals surface area (Å²) < 4.78 is 0. The van der Waals surface area contributed by atoms with Crippen molar-refractivity contribution in [3.63, 3.8) is 0 Å². The summed E-state index contributed by atoms with van der Waals surface area (Å²) >= 11 is 0. The van der Waals surface area contributed by atoms with Crippen LogP contribution in [-0.2, 0) is 0 Å². The van der Waals surface area contributed by atoms with Gasteiger partial charge in [-0.1, -0.05) is 37.8 Å². The average Bonchev–Trinajstić information content (AvgIpc) is 2.47. The molecule has 0 atom stereocenters. The van der Waals surface area contributed by atoms with Crippen molar-refractivity contribution >= 4 is 0 Å². The predicted molar refractivity (Wildman–Crippen MR) is 86.9 cm³/mol. The lowest BCUT2D eigenvalue weighted by atomic mass is 9.45. The van der Waals surface area contributed by atoms with Gasteiger partial charge in [0, 0.05) is 12.0 Å². The molecule has 1 N–H and O–H groups in total. The second-order valence-corrected chi connectivity index (χ2v) is 7.85. The fraction of sp³-hybridized carbons (Fsp3) is 0.895. The number of rotatable bonds is 5. The SMILES string of the molecule is CCCNCC1(C2=CCCCC2)CC2(CCCCC2)C1. The summed E-state index contributed by atoms with van der Waals surface area (Å²) in [7, 11) is 0. The molecule has 20 heavy (non-hydrogen) atoms. The van der Waals surface area contributed by atoms with Gasteiger partial charge in [-0.2, -0.15) is 0 Å². The molecule has 3 rings (SSSR count). The van der Waals surface area contributed by atoms with Gasteiger partial charge in [-0.15, -0.1) is 0 Å². The minimum atomic E-state index is 0.562. The van der Waals surface area contributed by atoms with Crippen LogP contribution < -0.4 is 5.32 Å². The first kappa shape index (κ1) is 14.6. The van der Waals surface area contributed by atoms with E-state index in [0.717, 1.165) is 5.41 Å². The lowest BCUT2D eigenvalue weighted by molar-refractivity contribution is -0.0435. The summed E-state index contributed by atoms with van der Waals surface area (Å²) in [5.74, 6) is 0. The van der Waals surface area contributed by atoms with E-state index in [-0.39, 0.29) is 0 Å². The van der Waals surface area contributed by atoms with Crippen molar-refractivity contribution in [1.82, 2.24) is 5.32 Å². The number of allylic oxidation sites excluding steroid dienone is 1. The van der Waals surface area contributed by atoms with Crippen LogP contribution in [0.15, 0.2) is 11.6 Å². The molecule has 0 saturated heterocycles. The first-order valence-electron chi connectivity index (χ1n) is 9.19. The van der Waals surface area contributed by atoms with Crippen molar-refractivity contribution < 1.29 is 0 Å². The quantitative estimate of drug-likeness (QED) is 0.536. The Kier molecular flexibility index (Phi) is 4.55. The Hall–Kier alpha value is -0.300. The molecule has 0 heterocycles. The van der Waals surface area contributed by atoms with E-state index in [0.29, 0.717) is 5.41 Å². The molecule has 0 aliphatic heterocycles. The third-order valence-electron chi connectivity index (χ3n) is 6.20. The lowest BCUT2D eigenvalue weighted by Gasteiger charge is -2.60. The molecule has 0 bridgehead atoms. The van der Waals surface area contributed by atoms with E-state index in [2.05, 4.69) is 18.3 Å². The molecule has 3 aliphatic carbocycles. The molecule has 2 fully saturated rings. The topological polar surface area (TPSA) is 12.0 Å². The summed E-state index contributed by atoms with van der Waals surface area (Å²) in [5.41, 5.74) is 3.15. The molecule has 3 aliphatic rings. The first-order chi connectivity index (χ1) is 9.79. The summed E-state index contributed by atoms with van der Waals surface area (Å²) in [5, 5.41) is 3.76. The van der Waals surface area contributed by atoms with Gasteiger partial charge in [-0.25, -0.2) is 0 Å². The molecule has 0 amide bonds. The predicted octanol–water partition coefficient (Wildman–Crippen LogP) is 5.22. The lowest BCUT2D eigenvalue weighted by Crippen LogP contribution is -2.53. The fourth-order valence-electron chi connectivity index (χ4n) is 5.33. The van der Waals surface area contributed by atoms with Crippen molar-refractivity contribution in [3.05, 3.63) is 11.6 Å². The van der Waals surface area contributed by atoms with Gasteiger partial charge in [0.25, 0.3) is 0 Å². The Balaban J connectivity index is 1.67. The van der Waals surface area contributed by atoms with E-state index in [1.807, 2.05) is 5.57 Å². The van der Waals surface area contributed by atoms with Gasteiger partial charge in [0.2, 0.25) is 0 Å². The van der Waals surface area contributed by atoms with Crippen LogP contribution in [0.5, 0.6) is 0 Å². The molecular weight excluding hydrogens is 242 g/mol. The molecule has 114 valence electrons. The second-order valence-electron chi connectivity index (χ2n) is 7.85. The van der Waals surface area contributed by atoms with Crippen LogP contribution in [0.4, 0.5) is 0 Å². The second kappa shape index (κ2) is 6.22. The summed E-state index contributed by atoms with van der Waals surface area (Å²) in [6, 6.07) is 0. The monoisotopic (exact) mass is 275 g/mol. The van der Waals surface area contributed by atoms with E-state index in [9.17, 15) is 0 Å². The normalized spacial score (nSPS) is 27.9. The third-order valence-corrected chi connectivity index (χ3v) is 6.20. The molecule has 2 saturated carbocycles. The van der Waals surface area contributed by atoms with Crippen LogP contribution in [0.2, 0.25) is 0 Å². The smallest absolute Gasteiger partial charge is 0.00472 e. The van der Waals surface area contributed by atoms with E-state index in [1.165, 1.54) is 90.1 Å². The molecule has 1 nitrogen and oxygen atoms in total. The Labute approximate surface area is 125 Å². The van der Waals surface area contributed by atoms with Crippen molar-refractivity contribution in [2.24, 2.45) is 10.8 Å². The molecule has 0 aromatic heterocycles. The standard InChI is InChI=1S/C19H33N/c1-2-13-20-16-19(17-9-5-3-6-10-17)14-18(15-19)11-7-4-8-12-18/h9,20H,2-8,10-16H2,1H3. The molecule has 0 radical (unpaired) electrons. The van der Waals surface area contributed by atoms with Crippen LogP contribution in [0, 0.1) is 10.8 Å². The zero-order valence-electron chi connectivity index (χ0n) is 13.5. The van der Waals surface area contributed by atoms with E-state index < -0.39 is 0 Å². The molecule has 1 spiro atoms. The van der Waals surface area contributed by atoms with Crippen molar-refractivity contribution in [1.29, 1.82) is 0 Å². The van der Waals surface area contributed by atoms with Gasteiger partial charge >= 0.3 is 0 Å². The van der Waals surface area contributed by atoms with Crippen LogP contribution in [0.1, 0.15) is 84.0 Å². The maximum absolute atomic E-state index is 3.76. The highest BCUT2D eigenvalue weighted by Gasteiger charge is 2.55. The zero-order valence-corrected chi connectivity index (χ0v) is 13.5. The van der Waals surface area contributed by atoms with Gasteiger partial charge in [-0.05, 0) is 69.7 Å². The average molecular weight is 275 g/mol. The van der Waals surface area contributed by atoms with E-state index >= 15 is 0 Å². The van der Waals surface area contributed by atoms with Crippen LogP contribution >= 0.6 is 0 Å². The molecule has 0 unspecified atom stereocenters. The largest absolute Gasteiger partial charge is 0.316 e. The maximum Gasteiger partial charge on any atom is 0.00472 e. The Bertz CT molecular complexity index is 341. The molecule has 1 heteroatoms. The fourth-order valence-corrected chi connectivity index (χ4v) is 5.33. The minimum absolute atomic E-state index is 0.562. The highest BCUT2D eigenvalue weighted by Crippen LogP contribution is 2.64. The Morgan fingerprint density at radius 2 is 1.85 bits per heavy atom. The van der Waals surface area contributed by atoms with Crippen molar-refractivity contribution in [3.8, 4) is 0 Å². The summed E-state index contributed by atoms with van der Waals surface area (Å²) in [6.45, 7) is 4.74. The number of nitrogens with one attached hydrogen (secondary N) is 1. The van der Waals surface area contributed by atoms with Gasteiger partial charge in [0.1, 0.15) is 0 Å². The highest BCUT2D eigenvalue weighted by molar-refractivity contribution is 5.25. The zero-order chi connectivity index (χ0) is 13.9. The highest BCUT2D eigenvalue weighted by atomic mass is 14.9. The van der Waals surface area contributed by atoms with Gasteiger partial charge in [0.15, 0.2) is 0 Å².